The number of amides is 3. The summed E-state index contributed by atoms with van der Waals surface area (Å²) in [6.07, 6.45) is 0.282. The van der Waals surface area contributed by atoms with E-state index in [1.165, 1.54) is 10.0 Å². The van der Waals surface area contributed by atoms with Crippen molar-refractivity contribution in [1.29, 1.82) is 0 Å². The van der Waals surface area contributed by atoms with Gasteiger partial charge in [0.15, 0.2) is 0 Å². The third-order valence-corrected chi connectivity index (χ3v) is 3.81. The molecular weight excluding hydrogens is 290 g/mol. The van der Waals surface area contributed by atoms with Crippen molar-refractivity contribution < 1.29 is 9.59 Å². The predicted octanol–water partition coefficient (Wildman–Crippen LogP) is 3.65. The van der Waals surface area contributed by atoms with E-state index < -0.39 is 5.54 Å². The average Bonchev–Trinajstić information content (AvgIpc) is 2.78. The number of carbonyl (C=O) groups is 2. The molecule has 0 radical (unpaired) electrons. The molecule has 5 nitrogen and oxygen atoms in total. The van der Waals surface area contributed by atoms with Crippen LogP contribution in [0.3, 0.4) is 0 Å². The van der Waals surface area contributed by atoms with Gasteiger partial charge in [-0.15, -0.1) is 0 Å². The van der Waals surface area contributed by atoms with E-state index in [9.17, 15) is 9.59 Å². The summed E-state index contributed by atoms with van der Waals surface area (Å²) in [4.78, 5) is 25.2. The lowest BCUT2D eigenvalue weighted by atomic mass is 10.0. The van der Waals surface area contributed by atoms with E-state index in [4.69, 9.17) is 0 Å². The minimum Gasteiger partial charge on any atom is -0.306 e. The van der Waals surface area contributed by atoms with Crippen molar-refractivity contribution >= 4 is 23.3 Å². The Kier molecular flexibility index (Phi) is 3.78. The van der Waals surface area contributed by atoms with Gasteiger partial charge in [0.1, 0.15) is 0 Å². The van der Waals surface area contributed by atoms with Gasteiger partial charge in [0.05, 0.1) is 17.6 Å². The highest BCUT2D eigenvalue weighted by Gasteiger charge is 2.47. The van der Waals surface area contributed by atoms with Crippen LogP contribution >= 0.6 is 0 Å². The summed E-state index contributed by atoms with van der Waals surface area (Å²) in [6.45, 7) is 3.77. The van der Waals surface area contributed by atoms with Crippen LogP contribution in [0.15, 0.2) is 60.7 Å². The van der Waals surface area contributed by atoms with Gasteiger partial charge >= 0.3 is 6.03 Å². The number of urea groups is 1. The molecule has 1 aliphatic heterocycles. The molecule has 23 heavy (non-hydrogen) atoms. The lowest BCUT2D eigenvalue weighted by Crippen LogP contribution is -2.53. The van der Waals surface area contributed by atoms with E-state index in [0.717, 1.165) is 0 Å². The molecule has 1 saturated heterocycles. The molecule has 0 bridgehead atoms. The van der Waals surface area contributed by atoms with Gasteiger partial charge in [-0.1, -0.05) is 36.4 Å². The Morgan fingerprint density at radius 1 is 1.00 bits per heavy atom. The fraction of sp³-hybridized carbons (Fsp3) is 0.222. The quantitative estimate of drug-likeness (QED) is 0.920. The molecule has 1 N–H and O–H groups in total. The van der Waals surface area contributed by atoms with E-state index in [-0.39, 0.29) is 18.4 Å². The molecule has 2 aromatic rings. The van der Waals surface area contributed by atoms with Crippen molar-refractivity contribution in [2.75, 3.05) is 10.3 Å². The van der Waals surface area contributed by atoms with E-state index >= 15 is 0 Å². The molecule has 3 amide bonds. The van der Waals surface area contributed by atoms with Gasteiger partial charge in [0, 0.05) is 5.69 Å². The molecular formula is C18H19N3O2. The van der Waals surface area contributed by atoms with Crippen LogP contribution < -0.4 is 10.3 Å². The maximum Gasteiger partial charge on any atom is 0.341 e. The van der Waals surface area contributed by atoms with Gasteiger partial charge in [-0.25, -0.2) is 14.8 Å². The summed E-state index contributed by atoms with van der Waals surface area (Å²) < 4.78 is 0. The third kappa shape index (κ3) is 2.90. The number of hydrazine groups is 1. The molecule has 0 spiro atoms. The minimum absolute atomic E-state index is 0.0931. The zero-order chi connectivity index (χ0) is 16.4. The van der Waals surface area contributed by atoms with Crippen molar-refractivity contribution in [3.05, 3.63) is 60.7 Å². The van der Waals surface area contributed by atoms with Gasteiger partial charge in [-0.2, -0.15) is 0 Å². The van der Waals surface area contributed by atoms with Crippen LogP contribution in [0.4, 0.5) is 16.2 Å². The highest BCUT2D eigenvalue weighted by molar-refractivity contribution is 6.03. The van der Waals surface area contributed by atoms with E-state index in [1.54, 1.807) is 0 Å². The van der Waals surface area contributed by atoms with Crippen LogP contribution in [-0.2, 0) is 4.79 Å². The summed E-state index contributed by atoms with van der Waals surface area (Å²) in [5.41, 5.74) is 0.790. The first-order chi connectivity index (χ1) is 11.0. The lowest BCUT2D eigenvalue weighted by molar-refractivity contribution is -0.117. The van der Waals surface area contributed by atoms with Crippen LogP contribution in [0.5, 0.6) is 0 Å². The second-order valence-electron chi connectivity index (χ2n) is 6.14. The lowest BCUT2D eigenvalue weighted by Gasteiger charge is -2.36. The summed E-state index contributed by atoms with van der Waals surface area (Å²) in [5, 5.41) is 5.81. The molecule has 0 aromatic heterocycles. The maximum atomic E-state index is 12.8. The zero-order valence-corrected chi connectivity index (χ0v) is 13.2. The largest absolute Gasteiger partial charge is 0.341 e. The summed E-state index contributed by atoms with van der Waals surface area (Å²) >= 11 is 0. The Labute approximate surface area is 135 Å². The van der Waals surface area contributed by atoms with Crippen molar-refractivity contribution in [2.24, 2.45) is 0 Å². The maximum absolute atomic E-state index is 12.8. The zero-order valence-electron chi connectivity index (χ0n) is 13.2. The van der Waals surface area contributed by atoms with Crippen molar-refractivity contribution in [2.45, 2.75) is 25.8 Å². The number of anilines is 2. The fourth-order valence-electron chi connectivity index (χ4n) is 2.79. The predicted molar refractivity (Wildman–Crippen MR) is 89.9 cm³/mol. The van der Waals surface area contributed by atoms with Crippen molar-refractivity contribution in [1.82, 2.24) is 5.01 Å². The Bertz CT molecular complexity index is 714. The molecule has 118 valence electrons. The molecule has 1 aliphatic rings. The molecule has 5 heteroatoms. The number of benzene rings is 2. The van der Waals surface area contributed by atoms with E-state index in [2.05, 4.69) is 5.32 Å². The molecule has 3 rings (SSSR count). The summed E-state index contributed by atoms with van der Waals surface area (Å²) in [5.74, 6) is -0.0931. The Balaban J connectivity index is 1.92. The van der Waals surface area contributed by atoms with Gasteiger partial charge in [0.2, 0.25) is 5.91 Å². The van der Waals surface area contributed by atoms with Gasteiger partial charge < -0.3 is 5.32 Å². The second-order valence-corrected chi connectivity index (χ2v) is 6.14. The number of carbonyl (C=O) groups excluding carboxylic acids is 2. The monoisotopic (exact) mass is 309 g/mol. The van der Waals surface area contributed by atoms with Crippen LogP contribution in [0.1, 0.15) is 20.3 Å². The molecule has 0 atom stereocenters. The van der Waals surface area contributed by atoms with E-state index in [1.807, 2.05) is 74.5 Å². The molecule has 0 unspecified atom stereocenters. The van der Waals surface area contributed by atoms with Crippen molar-refractivity contribution in [3.8, 4) is 0 Å². The van der Waals surface area contributed by atoms with Gasteiger partial charge in [-0.3, -0.25) is 4.79 Å². The van der Waals surface area contributed by atoms with Gasteiger partial charge in [0.25, 0.3) is 0 Å². The second kappa shape index (κ2) is 5.76. The standard InChI is InChI=1S/C18H19N3O2/c1-18(2)13-16(22)20(15-11-7-4-8-12-15)21(18)17(23)19-14-9-5-3-6-10-14/h3-12H,13H2,1-2H3,(H,19,23). The van der Waals surface area contributed by atoms with Crippen LogP contribution in [0.25, 0.3) is 0 Å². The van der Waals surface area contributed by atoms with Crippen LogP contribution in [-0.4, -0.2) is 22.5 Å². The van der Waals surface area contributed by atoms with Gasteiger partial charge in [-0.05, 0) is 38.1 Å². The summed E-state index contributed by atoms with van der Waals surface area (Å²) in [6, 6.07) is 18.1. The molecule has 0 saturated carbocycles. The van der Waals surface area contributed by atoms with Crippen LogP contribution in [0, 0.1) is 0 Å². The smallest absolute Gasteiger partial charge is 0.306 e. The number of nitrogens with zero attached hydrogens (tertiary/aromatic N) is 2. The van der Waals surface area contributed by atoms with E-state index in [0.29, 0.717) is 11.4 Å². The molecule has 1 fully saturated rings. The number of nitrogens with one attached hydrogen (secondary N) is 1. The molecule has 2 aromatic carbocycles. The van der Waals surface area contributed by atoms with Crippen LogP contribution in [0.2, 0.25) is 0 Å². The minimum atomic E-state index is -0.591. The highest BCUT2D eigenvalue weighted by atomic mass is 16.2. The first-order valence-corrected chi connectivity index (χ1v) is 7.53. The Morgan fingerprint density at radius 2 is 1.57 bits per heavy atom. The Hall–Kier alpha value is -2.82. The number of hydrogen-bond donors (Lipinski definition) is 1. The first kappa shape index (κ1) is 15.1. The average molecular weight is 309 g/mol. The molecule has 1 heterocycles. The molecule has 0 aliphatic carbocycles. The first-order valence-electron chi connectivity index (χ1n) is 7.53. The number of para-hydroxylation sites is 2. The fourth-order valence-corrected chi connectivity index (χ4v) is 2.79. The van der Waals surface area contributed by atoms with Crippen molar-refractivity contribution in [3.63, 3.8) is 0 Å². The third-order valence-electron chi connectivity index (χ3n) is 3.81. The highest BCUT2D eigenvalue weighted by Crippen LogP contribution is 2.34. The SMILES string of the molecule is CC1(C)CC(=O)N(c2ccccc2)N1C(=O)Nc1ccccc1. The normalized spacial score (nSPS) is 16.5. The number of hydrogen-bond acceptors (Lipinski definition) is 2. The number of rotatable bonds is 2. The summed E-state index contributed by atoms with van der Waals surface area (Å²) in [7, 11) is 0. The Morgan fingerprint density at radius 3 is 2.17 bits per heavy atom. The topological polar surface area (TPSA) is 52.7 Å².